The molecule has 0 aromatic heterocycles. The lowest BCUT2D eigenvalue weighted by atomic mass is 9.79. The second kappa shape index (κ2) is 9.94. The summed E-state index contributed by atoms with van der Waals surface area (Å²) in [4.78, 5) is 23.7. The predicted molar refractivity (Wildman–Crippen MR) is 102 cm³/mol. The molecule has 0 heterocycles. The molecule has 0 unspecified atom stereocenters. The van der Waals surface area contributed by atoms with Crippen LogP contribution in [0.25, 0.3) is 0 Å². The van der Waals surface area contributed by atoms with Gasteiger partial charge in [0.25, 0.3) is 0 Å². The Hall–Kier alpha value is -2.37. The number of rotatable bonds is 8. The van der Waals surface area contributed by atoms with Gasteiger partial charge >= 0.3 is 5.97 Å². The van der Waals surface area contributed by atoms with E-state index in [2.05, 4.69) is 5.32 Å². The molecular weight excluding hydrogens is 330 g/mol. The number of amidine groups is 1. The van der Waals surface area contributed by atoms with Crippen LogP contribution in [0.4, 0.5) is 5.69 Å². The zero-order chi connectivity index (χ0) is 18.9. The van der Waals surface area contributed by atoms with E-state index < -0.39 is 0 Å². The lowest BCUT2D eigenvalue weighted by molar-refractivity contribution is -0.144. The maximum atomic E-state index is 12.1. The lowest BCUT2D eigenvalue weighted by Gasteiger charge is -2.27. The lowest BCUT2D eigenvalue weighted by Crippen LogP contribution is -2.20. The van der Waals surface area contributed by atoms with Crippen molar-refractivity contribution in [3.8, 4) is 0 Å². The Bertz CT molecular complexity index is 620. The van der Waals surface area contributed by atoms with Gasteiger partial charge in [0.2, 0.25) is 5.91 Å². The minimum Gasteiger partial charge on any atom is -0.466 e. The quantitative estimate of drug-likeness (QED) is 0.375. The van der Waals surface area contributed by atoms with Gasteiger partial charge in [-0.2, -0.15) is 0 Å². The third-order valence-electron chi connectivity index (χ3n) is 4.99. The summed E-state index contributed by atoms with van der Waals surface area (Å²) in [5.41, 5.74) is 6.78. The molecule has 0 aliphatic heterocycles. The van der Waals surface area contributed by atoms with Crippen LogP contribution < -0.4 is 11.1 Å². The second-order valence-electron chi connectivity index (χ2n) is 6.97. The van der Waals surface area contributed by atoms with Crippen molar-refractivity contribution in [1.29, 1.82) is 5.41 Å². The van der Waals surface area contributed by atoms with Crippen LogP contribution in [0.5, 0.6) is 0 Å². The summed E-state index contributed by atoms with van der Waals surface area (Å²) < 4.78 is 5.02. The molecule has 0 atom stereocenters. The third-order valence-corrected chi connectivity index (χ3v) is 4.99. The SMILES string of the molecule is CCOC(=O)CC1CCC(CCC(=O)Nc2ccc(C(=N)N)cc2)CC1. The molecule has 1 saturated carbocycles. The molecule has 0 bridgehead atoms. The van der Waals surface area contributed by atoms with Crippen molar-refractivity contribution in [3.05, 3.63) is 29.8 Å². The number of carbonyl (C=O) groups excluding carboxylic acids is 2. The fourth-order valence-corrected chi connectivity index (χ4v) is 3.47. The van der Waals surface area contributed by atoms with Crippen molar-refractivity contribution < 1.29 is 14.3 Å². The molecule has 1 fully saturated rings. The molecule has 4 N–H and O–H groups in total. The van der Waals surface area contributed by atoms with Crippen LogP contribution in [-0.4, -0.2) is 24.3 Å². The number of ether oxygens (including phenoxy) is 1. The van der Waals surface area contributed by atoms with E-state index in [9.17, 15) is 9.59 Å². The highest BCUT2D eigenvalue weighted by Crippen LogP contribution is 2.33. The molecule has 0 spiro atoms. The van der Waals surface area contributed by atoms with Crippen molar-refractivity contribution in [2.75, 3.05) is 11.9 Å². The van der Waals surface area contributed by atoms with Crippen molar-refractivity contribution in [2.45, 2.75) is 51.9 Å². The van der Waals surface area contributed by atoms with Crippen LogP contribution >= 0.6 is 0 Å². The highest BCUT2D eigenvalue weighted by molar-refractivity contribution is 5.96. The van der Waals surface area contributed by atoms with Gasteiger partial charge < -0.3 is 15.8 Å². The molecule has 26 heavy (non-hydrogen) atoms. The molecule has 1 aromatic rings. The van der Waals surface area contributed by atoms with Gasteiger partial charge in [0.15, 0.2) is 0 Å². The van der Waals surface area contributed by atoms with Crippen LogP contribution in [0.15, 0.2) is 24.3 Å². The Balaban J connectivity index is 1.67. The first-order chi connectivity index (χ1) is 12.5. The van der Waals surface area contributed by atoms with Crippen LogP contribution in [0, 0.1) is 17.2 Å². The maximum Gasteiger partial charge on any atom is 0.306 e. The van der Waals surface area contributed by atoms with E-state index in [0.29, 0.717) is 36.8 Å². The number of esters is 1. The summed E-state index contributed by atoms with van der Waals surface area (Å²) in [6.45, 7) is 2.28. The summed E-state index contributed by atoms with van der Waals surface area (Å²) in [5, 5.41) is 10.2. The van der Waals surface area contributed by atoms with Gasteiger partial charge in [-0.25, -0.2) is 0 Å². The van der Waals surface area contributed by atoms with Crippen LogP contribution in [0.1, 0.15) is 57.4 Å². The molecule has 1 aliphatic rings. The predicted octanol–water partition coefficient (Wildman–Crippen LogP) is 3.45. The Morgan fingerprint density at radius 2 is 1.77 bits per heavy atom. The standard InChI is InChI=1S/C20H29N3O3/c1-2-26-19(25)13-15-5-3-14(4-6-15)7-12-18(24)23-17-10-8-16(9-11-17)20(21)22/h8-11,14-15H,2-7,12-13H2,1H3,(H3,21,22)(H,23,24). The summed E-state index contributed by atoms with van der Waals surface area (Å²) in [7, 11) is 0. The zero-order valence-electron chi connectivity index (χ0n) is 15.4. The number of carbonyl (C=O) groups is 2. The largest absolute Gasteiger partial charge is 0.466 e. The monoisotopic (exact) mass is 359 g/mol. The highest BCUT2D eigenvalue weighted by atomic mass is 16.5. The first-order valence-corrected chi connectivity index (χ1v) is 9.37. The first-order valence-electron chi connectivity index (χ1n) is 9.37. The van der Waals surface area contributed by atoms with Gasteiger partial charge in [0.05, 0.1) is 6.61 Å². The van der Waals surface area contributed by atoms with E-state index in [0.717, 1.165) is 37.8 Å². The number of nitrogens with two attached hydrogens (primary N) is 1. The normalized spacial score (nSPS) is 19.6. The van der Waals surface area contributed by atoms with Gasteiger partial charge in [-0.15, -0.1) is 0 Å². The fourth-order valence-electron chi connectivity index (χ4n) is 3.47. The summed E-state index contributed by atoms with van der Waals surface area (Å²) in [6, 6.07) is 6.97. The fraction of sp³-hybridized carbons (Fsp3) is 0.550. The minimum atomic E-state index is -0.0916. The van der Waals surface area contributed by atoms with Gasteiger partial charge in [-0.1, -0.05) is 12.8 Å². The van der Waals surface area contributed by atoms with Crippen molar-refractivity contribution in [3.63, 3.8) is 0 Å². The zero-order valence-corrected chi connectivity index (χ0v) is 15.4. The van der Waals surface area contributed by atoms with E-state index in [-0.39, 0.29) is 17.7 Å². The Morgan fingerprint density at radius 3 is 2.35 bits per heavy atom. The van der Waals surface area contributed by atoms with Crippen molar-refractivity contribution in [2.24, 2.45) is 17.6 Å². The molecular formula is C20H29N3O3. The molecule has 1 aromatic carbocycles. The molecule has 0 radical (unpaired) electrons. The Morgan fingerprint density at radius 1 is 1.15 bits per heavy atom. The van der Waals surface area contributed by atoms with Crippen LogP contribution in [0.2, 0.25) is 0 Å². The van der Waals surface area contributed by atoms with E-state index >= 15 is 0 Å². The number of hydrogen-bond acceptors (Lipinski definition) is 4. The molecule has 1 aliphatic carbocycles. The molecule has 1 amide bonds. The molecule has 0 saturated heterocycles. The number of benzene rings is 1. The number of nitrogens with one attached hydrogen (secondary N) is 2. The Kier molecular flexibility index (Phi) is 7.63. The van der Waals surface area contributed by atoms with Gasteiger partial charge in [0.1, 0.15) is 5.84 Å². The second-order valence-corrected chi connectivity index (χ2v) is 6.97. The maximum absolute atomic E-state index is 12.1. The summed E-state index contributed by atoms with van der Waals surface area (Å²) >= 11 is 0. The summed E-state index contributed by atoms with van der Waals surface area (Å²) in [5.74, 6) is 0.917. The van der Waals surface area contributed by atoms with E-state index in [1.54, 1.807) is 24.3 Å². The average molecular weight is 359 g/mol. The van der Waals surface area contributed by atoms with Gasteiger partial charge in [0, 0.05) is 24.1 Å². The first kappa shape index (κ1) is 19.9. The summed E-state index contributed by atoms with van der Waals surface area (Å²) in [6.07, 6.45) is 6.13. The van der Waals surface area contributed by atoms with Gasteiger partial charge in [-0.3, -0.25) is 15.0 Å². The average Bonchev–Trinajstić information content (AvgIpc) is 2.62. The van der Waals surface area contributed by atoms with Crippen molar-refractivity contribution >= 4 is 23.4 Å². The molecule has 142 valence electrons. The molecule has 6 nitrogen and oxygen atoms in total. The van der Waals surface area contributed by atoms with E-state index in [4.69, 9.17) is 15.9 Å². The number of anilines is 1. The van der Waals surface area contributed by atoms with Crippen LogP contribution in [-0.2, 0) is 14.3 Å². The van der Waals surface area contributed by atoms with E-state index in [1.165, 1.54) is 0 Å². The topological polar surface area (TPSA) is 105 Å². The smallest absolute Gasteiger partial charge is 0.306 e. The third kappa shape index (κ3) is 6.50. The van der Waals surface area contributed by atoms with Crippen molar-refractivity contribution in [1.82, 2.24) is 0 Å². The number of nitrogen functional groups attached to an aromatic ring is 1. The molecule has 6 heteroatoms. The van der Waals surface area contributed by atoms with E-state index in [1.807, 2.05) is 6.92 Å². The highest BCUT2D eigenvalue weighted by Gasteiger charge is 2.23. The number of amides is 1. The van der Waals surface area contributed by atoms with Crippen LogP contribution in [0.3, 0.4) is 0 Å². The Labute approximate surface area is 155 Å². The minimum absolute atomic E-state index is 0.00854. The molecule has 2 rings (SSSR count). The number of hydrogen-bond donors (Lipinski definition) is 3. The van der Waals surface area contributed by atoms with Gasteiger partial charge in [-0.05, 0) is 62.3 Å².